The van der Waals surface area contributed by atoms with Gasteiger partial charge in [0.2, 0.25) is 5.91 Å². The highest BCUT2D eigenvalue weighted by molar-refractivity contribution is 7.99. The maximum Gasteiger partial charge on any atom is 0.230 e. The number of amides is 1. The number of thioether (sulfide) groups is 1. The summed E-state index contributed by atoms with van der Waals surface area (Å²) >= 11 is 13.5. The van der Waals surface area contributed by atoms with Gasteiger partial charge in [0.25, 0.3) is 0 Å². The Morgan fingerprint density at radius 1 is 1.22 bits per heavy atom. The average molecular weight is 488 g/mol. The highest BCUT2D eigenvalue weighted by Crippen LogP contribution is 2.27. The van der Waals surface area contributed by atoms with Crippen LogP contribution in [0.15, 0.2) is 70.7 Å². The van der Waals surface area contributed by atoms with E-state index in [1.807, 2.05) is 41.8 Å². The lowest BCUT2D eigenvalue weighted by atomic mass is 10.1. The molecule has 1 atom stereocenters. The molecule has 164 valence electrons. The van der Waals surface area contributed by atoms with E-state index in [9.17, 15) is 4.79 Å². The lowest BCUT2D eigenvalue weighted by Crippen LogP contribution is -2.28. The van der Waals surface area contributed by atoms with E-state index < -0.39 is 0 Å². The van der Waals surface area contributed by atoms with Crippen molar-refractivity contribution < 1.29 is 9.21 Å². The first-order valence-corrected chi connectivity index (χ1v) is 11.5. The van der Waals surface area contributed by atoms with Crippen molar-refractivity contribution in [1.29, 1.82) is 0 Å². The molecule has 4 rings (SSSR count). The quantitative estimate of drug-likeness (QED) is 0.341. The maximum absolute atomic E-state index is 12.6. The number of hydrogen-bond donors (Lipinski definition) is 1. The van der Waals surface area contributed by atoms with E-state index in [1.165, 1.54) is 11.8 Å². The number of benzene rings is 1. The van der Waals surface area contributed by atoms with Crippen LogP contribution in [0, 0.1) is 0 Å². The Morgan fingerprint density at radius 2 is 2.09 bits per heavy atom. The molecule has 3 heterocycles. The largest absolute Gasteiger partial charge is 0.467 e. The molecule has 0 aliphatic heterocycles. The van der Waals surface area contributed by atoms with Crippen molar-refractivity contribution >= 4 is 40.9 Å². The van der Waals surface area contributed by atoms with E-state index in [2.05, 4.69) is 20.5 Å². The van der Waals surface area contributed by atoms with Crippen molar-refractivity contribution in [3.63, 3.8) is 0 Å². The van der Waals surface area contributed by atoms with Gasteiger partial charge in [0.1, 0.15) is 5.76 Å². The Balaban J connectivity index is 1.47. The van der Waals surface area contributed by atoms with E-state index in [0.717, 1.165) is 16.9 Å². The van der Waals surface area contributed by atoms with Gasteiger partial charge in [-0.15, -0.1) is 10.2 Å². The Kier molecular flexibility index (Phi) is 7.14. The van der Waals surface area contributed by atoms with E-state index in [-0.39, 0.29) is 17.7 Å². The van der Waals surface area contributed by atoms with Crippen LogP contribution in [-0.4, -0.2) is 31.4 Å². The number of pyridine rings is 1. The molecule has 10 heteroatoms. The van der Waals surface area contributed by atoms with Crippen LogP contribution in [0.2, 0.25) is 10.0 Å². The molecule has 0 aliphatic rings. The number of hydrogen-bond acceptors (Lipinski definition) is 6. The highest BCUT2D eigenvalue weighted by Gasteiger charge is 2.18. The van der Waals surface area contributed by atoms with Crippen molar-refractivity contribution in [3.05, 3.63) is 82.5 Å². The fourth-order valence-corrected chi connectivity index (χ4v) is 4.47. The molecule has 0 saturated carbocycles. The monoisotopic (exact) mass is 487 g/mol. The van der Waals surface area contributed by atoms with Gasteiger partial charge in [-0.3, -0.25) is 14.3 Å². The van der Waals surface area contributed by atoms with E-state index >= 15 is 0 Å². The summed E-state index contributed by atoms with van der Waals surface area (Å²) in [6.07, 6.45) is 5.04. The van der Waals surface area contributed by atoms with Crippen LogP contribution in [0.25, 0.3) is 11.4 Å². The Labute approximate surface area is 199 Å². The highest BCUT2D eigenvalue weighted by atomic mass is 35.5. The Hall–Kier alpha value is -2.81. The SMILES string of the molecule is CC(NC(=O)CSc1nnc(-c2cccnc2)n1Cc1ccco1)c1ccc(Cl)cc1Cl. The summed E-state index contributed by atoms with van der Waals surface area (Å²) in [4.78, 5) is 16.8. The van der Waals surface area contributed by atoms with E-state index in [0.29, 0.717) is 27.6 Å². The summed E-state index contributed by atoms with van der Waals surface area (Å²) in [6, 6.07) is 12.4. The third-order valence-electron chi connectivity index (χ3n) is 4.67. The second kappa shape index (κ2) is 10.2. The topological polar surface area (TPSA) is 85.8 Å². The Morgan fingerprint density at radius 3 is 2.81 bits per heavy atom. The molecule has 1 amide bonds. The summed E-state index contributed by atoms with van der Waals surface area (Å²) in [5.74, 6) is 1.42. The van der Waals surface area contributed by atoms with Gasteiger partial charge >= 0.3 is 0 Å². The van der Waals surface area contributed by atoms with Crippen LogP contribution in [0.5, 0.6) is 0 Å². The van der Waals surface area contributed by atoms with Crippen molar-refractivity contribution in [2.75, 3.05) is 5.75 Å². The summed E-state index contributed by atoms with van der Waals surface area (Å²) in [5.41, 5.74) is 1.63. The first kappa shape index (κ1) is 22.4. The number of aromatic nitrogens is 4. The summed E-state index contributed by atoms with van der Waals surface area (Å²) in [5, 5.41) is 13.2. The van der Waals surface area contributed by atoms with E-state index in [4.69, 9.17) is 27.6 Å². The number of carbonyl (C=O) groups is 1. The van der Waals surface area contributed by atoms with Crippen molar-refractivity contribution in [1.82, 2.24) is 25.1 Å². The number of carbonyl (C=O) groups excluding carboxylic acids is 1. The minimum Gasteiger partial charge on any atom is -0.467 e. The summed E-state index contributed by atoms with van der Waals surface area (Å²) in [7, 11) is 0. The molecule has 4 aromatic rings. The van der Waals surface area contributed by atoms with Crippen LogP contribution >= 0.6 is 35.0 Å². The fraction of sp³-hybridized carbons (Fsp3) is 0.182. The van der Waals surface area contributed by atoms with Gasteiger partial charge in [-0.2, -0.15) is 0 Å². The number of halogens is 2. The van der Waals surface area contributed by atoms with E-state index in [1.54, 1.807) is 30.8 Å². The average Bonchev–Trinajstić information content (AvgIpc) is 3.43. The second-order valence-electron chi connectivity index (χ2n) is 6.96. The summed E-state index contributed by atoms with van der Waals surface area (Å²) in [6.45, 7) is 2.31. The molecule has 32 heavy (non-hydrogen) atoms. The van der Waals surface area contributed by atoms with Gasteiger partial charge in [-0.05, 0) is 48.9 Å². The van der Waals surface area contributed by atoms with Crippen LogP contribution < -0.4 is 5.32 Å². The molecule has 1 N–H and O–H groups in total. The molecular weight excluding hydrogens is 469 g/mol. The van der Waals surface area contributed by atoms with Crippen LogP contribution in [0.4, 0.5) is 0 Å². The molecule has 0 saturated heterocycles. The first-order valence-electron chi connectivity index (χ1n) is 9.74. The molecular formula is C22H19Cl2N5O2S. The predicted octanol–water partition coefficient (Wildman–Crippen LogP) is 5.26. The van der Waals surface area contributed by atoms with Gasteiger partial charge in [0, 0.05) is 28.0 Å². The number of nitrogens with zero attached hydrogens (tertiary/aromatic N) is 4. The molecule has 0 aliphatic carbocycles. The zero-order valence-corrected chi connectivity index (χ0v) is 19.4. The minimum absolute atomic E-state index is 0.149. The first-order chi connectivity index (χ1) is 15.5. The predicted molar refractivity (Wildman–Crippen MR) is 125 cm³/mol. The lowest BCUT2D eigenvalue weighted by Gasteiger charge is -2.16. The lowest BCUT2D eigenvalue weighted by molar-refractivity contribution is -0.119. The molecule has 0 fully saturated rings. The zero-order chi connectivity index (χ0) is 22.5. The van der Waals surface area contributed by atoms with Gasteiger partial charge in [-0.25, -0.2) is 0 Å². The standard InChI is InChI=1S/C22H19Cl2N5O2S/c1-14(18-7-6-16(23)10-19(18)24)26-20(30)13-32-22-28-27-21(15-4-2-8-25-11-15)29(22)12-17-5-3-9-31-17/h2-11,14H,12-13H2,1H3,(H,26,30). The molecule has 3 aromatic heterocycles. The second-order valence-corrected chi connectivity index (χ2v) is 8.74. The summed E-state index contributed by atoms with van der Waals surface area (Å²) < 4.78 is 7.41. The van der Waals surface area contributed by atoms with Gasteiger partial charge < -0.3 is 9.73 Å². The molecule has 0 bridgehead atoms. The number of nitrogens with one attached hydrogen (secondary N) is 1. The zero-order valence-electron chi connectivity index (χ0n) is 17.0. The van der Waals surface area contributed by atoms with Gasteiger partial charge in [-0.1, -0.05) is 41.0 Å². The Bertz CT molecular complexity index is 1200. The van der Waals surface area contributed by atoms with Crippen LogP contribution in [0.3, 0.4) is 0 Å². The van der Waals surface area contributed by atoms with Gasteiger partial charge in [0.05, 0.1) is 24.6 Å². The third kappa shape index (κ3) is 5.32. The molecule has 0 radical (unpaired) electrons. The molecule has 0 spiro atoms. The number of rotatable bonds is 8. The fourth-order valence-electron chi connectivity index (χ4n) is 3.15. The smallest absolute Gasteiger partial charge is 0.230 e. The van der Waals surface area contributed by atoms with Gasteiger partial charge in [0.15, 0.2) is 11.0 Å². The molecule has 1 unspecified atom stereocenters. The molecule has 1 aromatic carbocycles. The molecule has 7 nitrogen and oxygen atoms in total. The third-order valence-corrected chi connectivity index (χ3v) is 6.20. The van der Waals surface area contributed by atoms with Crippen LogP contribution in [-0.2, 0) is 11.3 Å². The number of furan rings is 1. The maximum atomic E-state index is 12.6. The van der Waals surface area contributed by atoms with Crippen molar-refractivity contribution in [2.45, 2.75) is 24.7 Å². The van der Waals surface area contributed by atoms with Crippen LogP contribution in [0.1, 0.15) is 24.3 Å². The normalized spacial score (nSPS) is 12.0. The van der Waals surface area contributed by atoms with Crippen molar-refractivity contribution in [2.24, 2.45) is 0 Å². The van der Waals surface area contributed by atoms with Crippen molar-refractivity contribution in [3.8, 4) is 11.4 Å². The minimum atomic E-state index is -0.264.